The monoisotopic (exact) mass is 496 g/mol. The van der Waals surface area contributed by atoms with Crippen LogP contribution < -0.4 is 5.32 Å². The van der Waals surface area contributed by atoms with E-state index in [0.29, 0.717) is 29.8 Å². The minimum Gasteiger partial charge on any atom is -0.390 e. The number of rotatable bonds is 6. The van der Waals surface area contributed by atoms with E-state index >= 15 is 0 Å². The standard InChI is InChI=1S/C30H32N4O3/c1-18-6-8-25-21(12-18)23(14-31-25)27-28(30(37)32-29(27)36)24-17-34(26-9-7-19(2)13-22(24)26)16-20(35)15-33-10-4-3-5-11-33/h6-9,12-14,17,20,31,35H,3-5,10-11,15-16H2,1-2H3,(H,32,36,37). The first-order chi connectivity index (χ1) is 17.9. The number of nitrogens with zero attached hydrogens (tertiary/aromatic N) is 2. The molecule has 7 heteroatoms. The summed E-state index contributed by atoms with van der Waals surface area (Å²) in [5, 5.41) is 15.3. The van der Waals surface area contributed by atoms with Gasteiger partial charge in [0.25, 0.3) is 11.8 Å². The molecule has 4 aromatic rings. The number of imide groups is 1. The summed E-state index contributed by atoms with van der Waals surface area (Å²) in [6.45, 7) is 7.12. The minimum atomic E-state index is -0.535. The molecular weight excluding hydrogens is 464 g/mol. The Morgan fingerprint density at radius 1 is 0.865 bits per heavy atom. The van der Waals surface area contributed by atoms with E-state index in [0.717, 1.165) is 51.6 Å². The Hall–Kier alpha value is -3.68. The van der Waals surface area contributed by atoms with Crippen LogP contribution in [-0.2, 0) is 16.1 Å². The van der Waals surface area contributed by atoms with Crippen LogP contribution in [-0.4, -0.2) is 57.1 Å². The number of H-pyrrole nitrogens is 1. The summed E-state index contributed by atoms with van der Waals surface area (Å²) in [6.07, 6.45) is 6.81. The van der Waals surface area contributed by atoms with Gasteiger partial charge in [-0.15, -0.1) is 0 Å². The number of β-amino-alcohol motifs (C(OH)–C–C–N with tert-alkyl or cyclic N) is 1. The number of carbonyl (C=O) groups is 2. The summed E-state index contributed by atoms with van der Waals surface area (Å²) >= 11 is 0. The molecule has 3 N–H and O–H groups in total. The Labute approximate surface area is 215 Å². The fourth-order valence-electron chi connectivity index (χ4n) is 5.90. The first kappa shape index (κ1) is 23.7. The number of carbonyl (C=O) groups excluding carboxylic acids is 2. The summed E-state index contributed by atoms with van der Waals surface area (Å²) in [6, 6.07) is 12.2. The van der Waals surface area contributed by atoms with E-state index in [-0.39, 0.29) is 5.91 Å². The normalized spacial score (nSPS) is 17.8. The number of hydrogen-bond donors (Lipinski definition) is 3. The Kier molecular flexibility index (Phi) is 5.97. The molecule has 2 amide bonds. The van der Waals surface area contributed by atoms with Crippen LogP contribution in [0.4, 0.5) is 0 Å². The van der Waals surface area contributed by atoms with E-state index in [2.05, 4.69) is 21.3 Å². The van der Waals surface area contributed by atoms with Gasteiger partial charge >= 0.3 is 0 Å². The van der Waals surface area contributed by atoms with Crippen LogP contribution in [0.25, 0.3) is 33.0 Å². The average Bonchev–Trinajstić information content (AvgIpc) is 3.51. The first-order valence-electron chi connectivity index (χ1n) is 13.1. The van der Waals surface area contributed by atoms with Gasteiger partial charge in [-0.1, -0.05) is 29.7 Å². The zero-order valence-corrected chi connectivity index (χ0v) is 21.3. The second kappa shape index (κ2) is 9.32. The van der Waals surface area contributed by atoms with Crippen molar-refractivity contribution in [2.75, 3.05) is 19.6 Å². The zero-order valence-electron chi connectivity index (χ0n) is 21.3. The Balaban J connectivity index is 1.47. The molecule has 2 aromatic carbocycles. The molecule has 4 heterocycles. The highest BCUT2D eigenvalue weighted by molar-refractivity contribution is 6.50. The summed E-state index contributed by atoms with van der Waals surface area (Å²) in [4.78, 5) is 32.0. The topological polar surface area (TPSA) is 90.4 Å². The highest BCUT2D eigenvalue weighted by Crippen LogP contribution is 2.38. The molecule has 7 nitrogen and oxygen atoms in total. The van der Waals surface area contributed by atoms with Gasteiger partial charge < -0.3 is 19.6 Å². The molecule has 1 fully saturated rings. The number of fused-ring (bicyclic) bond motifs is 2. The molecule has 1 unspecified atom stereocenters. The zero-order chi connectivity index (χ0) is 25.7. The molecule has 2 aromatic heterocycles. The molecule has 0 spiro atoms. The quantitative estimate of drug-likeness (QED) is 0.350. The minimum absolute atomic E-state index is 0.382. The second-order valence-corrected chi connectivity index (χ2v) is 10.5. The van der Waals surface area contributed by atoms with Gasteiger partial charge in [0.2, 0.25) is 0 Å². The number of amides is 2. The second-order valence-electron chi connectivity index (χ2n) is 10.5. The number of aromatic amines is 1. The molecule has 0 saturated carbocycles. The maximum atomic E-state index is 13.3. The third-order valence-corrected chi connectivity index (χ3v) is 7.67. The van der Waals surface area contributed by atoms with Crippen LogP contribution in [0.2, 0.25) is 0 Å². The van der Waals surface area contributed by atoms with Crippen molar-refractivity contribution in [1.82, 2.24) is 19.8 Å². The molecule has 0 aliphatic carbocycles. The molecule has 6 rings (SSSR count). The first-order valence-corrected chi connectivity index (χ1v) is 13.1. The predicted molar refractivity (Wildman–Crippen MR) is 146 cm³/mol. The van der Waals surface area contributed by atoms with Crippen molar-refractivity contribution < 1.29 is 14.7 Å². The van der Waals surface area contributed by atoms with E-state index in [4.69, 9.17) is 0 Å². The molecule has 0 bridgehead atoms. The highest BCUT2D eigenvalue weighted by Gasteiger charge is 2.35. The van der Waals surface area contributed by atoms with E-state index in [1.807, 2.05) is 61.1 Å². The Morgan fingerprint density at radius 3 is 2.30 bits per heavy atom. The molecule has 37 heavy (non-hydrogen) atoms. The third-order valence-electron chi connectivity index (χ3n) is 7.67. The van der Waals surface area contributed by atoms with Crippen LogP contribution in [0.5, 0.6) is 0 Å². The highest BCUT2D eigenvalue weighted by atomic mass is 16.3. The van der Waals surface area contributed by atoms with Crippen molar-refractivity contribution in [2.24, 2.45) is 0 Å². The van der Waals surface area contributed by atoms with Gasteiger partial charge in [0.15, 0.2) is 0 Å². The molecule has 0 radical (unpaired) electrons. The van der Waals surface area contributed by atoms with Crippen molar-refractivity contribution >= 4 is 44.8 Å². The SMILES string of the molecule is Cc1ccc2[nH]cc(C3=C(c4cn(CC(O)CN5CCCCC5)c5ccc(C)cc45)C(=O)NC3=O)c2c1. The van der Waals surface area contributed by atoms with Crippen LogP contribution in [0.3, 0.4) is 0 Å². The maximum Gasteiger partial charge on any atom is 0.259 e. The summed E-state index contributed by atoms with van der Waals surface area (Å²) < 4.78 is 2.03. The lowest BCUT2D eigenvalue weighted by Crippen LogP contribution is -2.37. The number of benzene rings is 2. The fourth-order valence-corrected chi connectivity index (χ4v) is 5.90. The smallest absolute Gasteiger partial charge is 0.259 e. The Bertz CT molecular complexity index is 1570. The van der Waals surface area contributed by atoms with Crippen LogP contribution in [0.15, 0.2) is 48.8 Å². The molecule has 1 atom stereocenters. The average molecular weight is 497 g/mol. The number of hydrogen-bond acceptors (Lipinski definition) is 4. The molecular formula is C30H32N4O3. The maximum absolute atomic E-state index is 13.3. The van der Waals surface area contributed by atoms with Gasteiger partial charge in [0.1, 0.15) is 0 Å². The molecule has 190 valence electrons. The Morgan fingerprint density at radius 2 is 1.54 bits per heavy atom. The van der Waals surface area contributed by atoms with E-state index in [1.165, 1.54) is 19.3 Å². The van der Waals surface area contributed by atoms with Gasteiger partial charge in [0, 0.05) is 58.4 Å². The lowest BCUT2D eigenvalue weighted by molar-refractivity contribution is -0.122. The van der Waals surface area contributed by atoms with Crippen LogP contribution in [0, 0.1) is 13.8 Å². The van der Waals surface area contributed by atoms with Gasteiger partial charge in [-0.3, -0.25) is 14.9 Å². The van der Waals surface area contributed by atoms with Gasteiger partial charge in [-0.25, -0.2) is 0 Å². The van der Waals surface area contributed by atoms with E-state index in [9.17, 15) is 14.7 Å². The number of aliphatic hydroxyl groups is 1. The lowest BCUT2D eigenvalue weighted by Gasteiger charge is -2.28. The van der Waals surface area contributed by atoms with Gasteiger partial charge in [-0.05, 0) is 64.0 Å². The summed E-state index contributed by atoms with van der Waals surface area (Å²) in [7, 11) is 0. The molecule has 2 aliphatic heterocycles. The van der Waals surface area contributed by atoms with E-state index in [1.54, 1.807) is 0 Å². The fraction of sp³-hybridized carbons (Fsp3) is 0.333. The molecule has 2 aliphatic rings. The van der Waals surface area contributed by atoms with Crippen LogP contribution in [0.1, 0.15) is 41.5 Å². The number of aromatic nitrogens is 2. The van der Waals surface area contributed by atoms with Crippen molar-refractivity contribution in [3.8, 4) is 0 Å². The third kappa shape index (κ3) is 4.28. The lowest BCUT2D eigenvalue weighted by atomic mass is 9.95. The van der Waals surface area contributed by atoms with Gasteiger partial charge in [0.05, 0.1) is 17.3 Å². The number of aryl methyl sites for hydroxylation is 2. The van der Waals surface area contributed by atoms with Crippen molar-refractivity contribution in [3.05, 3.63) is 71.0 Å². The predicted octanol–water partition coefficient (Wildman–Crippen LogP) is 4.15. The number of likely N-dealkylation sites (tertiary alicyclic amines) is 1. The summed E-state index contributed by atoms with van der Waals surface area (Å²) in [5.74, 6) is -0.780. The largest absolute Gasteiger partial charge is 0.390 e. The number of piperidine rings is 1. The molecule has 1 saturated heterocycles. The van der Waals surface area contributed by atoms with E-state index < -0.39 is 12.0 Å². The van der Waals surface area contributed by atoms with Crippen molar-refractivity contribution in [2.45, 2.75) is 45.8 Å². The summed E-state index contributed by atoms with van der Waals surface area (Å²) in [5.41, 5.74) is 6.19. The van der Waals surface area contributed by atoms with Crippen molar-refractivity contribution in [1.29, 1.82) is 0 Å². The number of aliphatic hydroxyl groups excluding tert-OH is 1. The van der Waals surface area contributed by atoms with Crippen molar-refractivity contribution in [3.63, 3.8) is 0 Å². The van der Waals surface area contributed by atoms with Gasteiger partial charge in [-0.2, -0.15) is 0 Å². The number of nitrogens with one attached hydrogen (secondary N) is 2. The van der Waals surface area contributed by atoms with Crippen LogP contribution >= 0.6 is 0 Å².